The van der Waals surface area contributed by atoms with Crippen molar-refractivity contribution < 1.29 is 15.0 Å². The molecule has 0 radical (unpaired) electrons. The Morgan fingerprint density at radius 2 is 2.29 bits per heavy atom. The molecule has 0 atom stereocenters. The summed E-state index contributed by atoms with van der Waals surface area (Å²) in [6.45, 7) is 0. The summed E-state index contributed by atoms with van der Waals surface area (Å²) in [5, 5.41) is 21.0. The van der Waals surface area contributed by atoms with Gasteiger partial charge in [-0.25, -0.2) is 0 Å². The van der Waals surface area contributed by atoms with Crippen LogP contribution in [0.2, 0.25) is 5.02 Å². The summed E-state index contributed by atoms with van der Waals surface area (Å²) < 4.78 is 0. The van der Waals surface area contributed by atoms with Crippen molar-refractivity contribution in [1.82, 2.24) is 0 Å². The van der Waals surface area contributed by atoms with Crippen LogP contribution in [-0.4, -0.2) is 16.2 Å². The van der Waals surface area contributed by atoms with Gasteiger partial charge < -0.3 is 10.2 Å². The van der Waals surface area contributed by atoms with Gasteiger partial charge in [-0.1, -0.05) is 11.6 Å². The van der Waals surface area contributed by atoms with E-state index < -0.39 is 17.5 Å². The fraction of sp³-hybridized carbons (Fsp3) is 0.444. The lowest BCUT2D eigenvalue weighted by Gasteiger charge is -2.40. The largest absolute Gasteiger partial charge is 0.481 e. The second-order valence-corrected chi connectivity index (χ2v) is 4.90. The van der Waals surface area contributed by atoms with Crippen molar-refractivity contribution in [1.29, 1.82) is 0 Å². The van der Waals surface area contributed by atoms with Gasteiger partial charge >= 0.3 is 5.97 Å². The van der Waals surface area contributed by atoms with Crippen molar-refractivity contribution in [3.8, 4) is 0 Å². The number of hydrogen-bond donors (Lipinski definition) is 2. The Labute approximate surface area is 89.9 Å². The maximum Gasteiger partial charge on any atom is 0.306 e. The summed E-state index contributed by atoms with van der Waals surface area (Å²) in [5.74, 6) is -1.28. The lowest BCUT2D eigenvalue weighted by molar-refractivity contribution is -0.159. The molecule has 76 valence electrons. The summed E-state index contributed by atoms with van der Waals surface area (Å²) in [6.07, 6.45) is 0.533. The molecule has 1 aliphatic carbocycles. The SMILES string of the molecule is O=C(O)C1CC(O)(c2sccc2Cl)C1. The third-order valence-electron chi connectivity index (χ3n) is 2.56. The molecule has 2 rings (SSSR count). The number of carboxylic acids is 1. The van der Waals surface area contributed by atoms with Crippen LogP contribution in [0.1, 0.15) is 17.7 Å². The molecule has 1 fully saturated rings. The minimum atomic E-state index is -1.01. The predicted octanol–water partition coefficient (Wildman–Crippen LogP) is 2.08. The summed E-state index contributed by atoms with van der Waals surface area (Å²) >= 11 is 7.24. The van der Waals surface area contributed by atoms with Gasteiger partial charge in [-0.15, -0.1) is 11.3 Å². The van der Waals surface area contributed by atoms with Crippen LogP contribution in [0.4, 0.5) is 0 Å². The highest BCUT2D eigenvalue weighted by Gasteiger charge is 2.49. The number of hydrogen-bond acceptors (Lipinski definition) is 3. The average molecular weight is 233 g/mol. The van der Waals surface area contributed by atoms with Crippen molar-refractivity contribution >= 4 is 28.9 Å². The lowest BCUT2D eigenvalue weighted by Crippen LogP contribution is -2.44. The number of aliphatic carboxylic acids is 1. The molecule has 0 aliphatic heterocycles. The maximum atomic E-state index is 10.6. The van der Waals surface area contributed by atoms with Gasteiger partial charge in [0.1, 0.15) is 5.60 Å². The van der Waals surface area contributed by atoms with Gasteiger partial charge in [0.15, 0.2) is 0 Å². The normalized spacial score (nSPS) is 31.1. The fourth-order valence-corrected chi connectivity index (χ4v) is 3.10. The van der Waals surface area contributed by atoms with E-state index in [-0.39, 0.29) is 12.8 Å². The molecule has 0 saturated heterocycles. The van der Waals surface area contributed by atoms with E-state index in [0.29, 0.717) is 9.90 Å². The zero-order chi connectivity index (χ0) is 10.3. The first-order valence-electron chi connectivity index (χ1n) is 4.21. The molecule has 2 N–H and O–H groups in total. The molecule has 14 heavy (non-hydrogen) atoms. The standard InChI is InChI=1S/C9H9ClO3S/c10-6-1-2-14-7(6)9(13)3-5(4-9)8(11)12/h1-2,5,13H,3-4H2,(H,11,12). The van der Waals surface area contributed by atoms with E-state index in [2.05, 4.69) is 0 Å². The Morgan fingerprint density at radius 1 is 1.64 bits per heavy atom. The average Bonchev–Trinajstić information content (AvgIpc) is 2.45. The summed E-state index contributed by atoms with van der Waals surface area (Å²) in [5.41, 5.74) is -1.01. The van der Waals surface area contributed by atoms with Crippen LogP contribution in [0.25, 0.3) is 0 Å². The van der Waals surface area contributed by atoms with Crippen molar-refractivity contribution in [2.24, 2.45) is 5.92 Å². The zero-order valence-corrected chi connectivity index (χ0v) is 8.81. The van der Waals surface area contributed by atoms with E-state index >= 15 is 0 Å². The molecule has 1 aromatic heterocycles. The predicted molar refractivity (Wildman–Crippen MR) is 53.6 cm³/mol. The molecular formula is C9H9ClO3S. The van der Waals surface area contributed by atoms with Crippen molar-refractivity contribution in [3.63, 3.8) is 0 Å². The first kappa shape index (κ1) is 9.96. The second kappa shape index (κ2) is 3.22. The Hall–Kier alpha value is -0.580. The molecule has 0 aromatic carbocycles. The lowest BCUT2D eigenvalue weighted by atomic mass is 9.70. The van der Waals surface area contributed by atoms with E-state index in [1.807, 2.05) is 0 Å². The van der Waals surface area contributed by atoms with Crippen LogP contribution >= 0.6 is 22.9 Å². The van der Waals surface area contributed by atoms with E-state index in [4.69, 9.17) is 16.7 Å². The third-order valence-corrected chi connectivity index (χ3v) is 4.09. The number of carboxylic acid groups (broad SMARTS) is 1. The van der Waals surface area contributed by atoms with Crippen molar-refractivity contribution in [3.05, 3.63) is 21.3 Å². The Kier molecular flexibility index (Phi) is 2.29. The molecule has 1 saturated carbocycles. The first-order valence-corrected chi connectivity index (χ1v) is 5.47. The minimum Gasteiger partial charge on any atom is -0.481 e. The minimum absolute atomic E-state index is 0.266. The number of carbonyl (C=O) groups is 1. The maximum absolute atomic E-state index is 10.6. The molecule has 0 spiro atoms. The summed E-state index contributed by atoms with van der Waals surface area (Å²) in [6, 6.07) is 1.72. The van der Waals surface area contributed by atoms with Crippen LogP contribution in [0.15, 0.2) is 11.4 Å². The highest BCUT2D eigenvalue weighted by Crippen LogP contribution is 2.49. The highest BCUT2D eigenvalue weighted by molar-refractivity contribution is 7.10. The monoisotopic (exact) mass is 232 g/mol. The van der Waals surface area contributed by atoms with Crippen molar-refractivity contribution in [2.75, 3.05) is 0 Å². The van der Waals surface area contributed by atoms with Gasteiger partial charge in [-0.2, -0.15) is 0 Å². The van der Waals surface area contributed by atoms with E-state index in [1.165, 1.54) is 11.3 Å². The molecule has 1 aliphatic rings. The number of thiophene rings is 1. The zero-order valence-electron chi connectivity index (χ0n) is 7.24. The number of halogens is 1. The molecule has 1 aromatic rings. The summed E-state index contributed by atoms with van der Waals surface area (Å²) in [4.78, 5) is 11.3. The fourth-order valence-electron chi connectivity index (χ4n) is 1.74. The topological polar surface area (TPSA) is 57.5 Å². The van der Waals surface area contributed by atoms with E-state index in [9.17, 15) is 9.90 Å². The van der Waals surface area contributed by atoms with Crippen LogP contribution < -0.4 is 0 Å². The van der Waals surface area contributed by atoms with Crippen LogP contribution in [-0.2, 0) is 10.4 Å². The quantitative estimate of drug-likeness (QED) is 0.821. The van der Waals surface area contributed by atoms with Crippen LogP contribution in [0.5, 0.6) is 0 Å². The van der Waals surface area contributed by atoms with Gasteiger partial charge in [-0.05, 0) is 24.3 Å². The van der Waals surface area contributed by atoms with Gasteiger partial charge in [0.2, 0.25) is 0 Å². The van der Waals surface area contributed by atoms with Gasteiger partial charge in [0.05, 0.1) is 15.8 Å². The molecule has 1 heterocycles. The first-order chi connectivity index (χ1) is 6.53. The van der Waals surface area contributed by atoms with E-state index in [1.54, 1.807) is 11.4 Å². The Bertz CT molecular complexity index is 368. The third kappa shape index (κ3) is 1.43. The molecule has 0 amide bonds. The Morgan fingerprint density at radius 3 is 2.71 bits per heavy atom. The number of aliphatic hydroxyl groups is 1. The van der Waals surface area contributed by atoms with Crippen LogP contribution in [0, 0.1) is 5.92 Å². The van der Waals surface area contributed by atoms with Gasteiger partial charge in [0, 0.05) is 0 Å². The van der Waals surface area contributed by atoms with Gasteiger partial charge in [-0.3, -0.25) is 4.79 Å². The van der Waals surface area contributed by atoms with Crippen LogP contribution in [0.3, 0.4) is 0 Å². The molecular weight excluding hydrogens is 224 g/mol. The second-order valence-electron chi connectivity index (χ2n) is 3.57. The molecule has 5 heteroatoms. The number of rotatable bonds is 2. The Balaban J connectivity index is 2.15. The summed E-state index contributed by atoms with van der Waals surface area (Å²) in [7, 11) is 0. The molecule has 3 nitrogen and oxygen atoms in total. The smallest absolute Gasteiger partial charge is 0.306 e. The van der Waals surface area contributed by atoms with Gasteiger partial charge in [0.25, 0.3) is 0 Å². The van der Waals surface area contributed by atoms with E-state index in [0.717, 1.165) is 0 Å². The molecule has 0 unspecified atom stereocenters. The van der Waals surface area contributed by atoms with Crippen molar-refractivity contribution in [2.45, 2.75) is 18.4 Å². The molecule has 0 bridgehead atoms. The highest BCUT2D eigenvalue weighted by atomic mass is 35.5.